The summed E-state index contributed by atoms with van der Waals surface area (Å²) >= 11 is 0. The molecular formula is C25H30F3NO4. The molecule has 0 aliphatic carbocycles. The fourth-order valence-corrected chi connectivity index (χ4v) is 3.62. The van der Waals surface area contributed by atoms with E-state index < -0.39 is 24.1 Å². The average Bonchev–Trinajstić information content (AvgIpc) is 2.71. The minimum atomic E-state index is -4.67. The molecule has 2 aromatic rings. The van der Waals surface area contributed by atoms with Crippen LogP contribution in [-0.4, -0.2) is 37.5 Å². The summed E-state index contributed by atoms with van der Waals surface area (Å²) in [6.07, 6.45) is -5.21. The Morgan fingerprint density at radius 1 is 0.970 bits per heavy atom. The van der Waals surface area contributed by atoms with Gasteiger partial charge >= 0.3 is 12.1 Å². The molecule has 180 valence electrons. The Morgan fingerprint density at radius 3 is 2.12 bits per heavy atom. The Kier molecular flexibility index (Phi) is 8.16. The van der Waals surface area contributed by atoms with Gasteiger partial charge in [-0.05, 0) is 34.2 Å². The normalized spacial score (nSPS) is 11.8. The van der Waals surface area contributed by atoms with Crippen molar-refractivity contribution in [2.24, 2.45) is 5.41 Å². The maximum absolute atomic E-state index is 13.7. The second-order valence-corrected chi connectivity index (χ2v) is 9.05. The molecule has 5 nitrogen and oxygen atoms in total. The first-order chi connectivity index (χ1) is 15.3. The van der Waals surface area contributed by atoms with Crippen molar-refractivity contribution < 1.29 is 32.2 Å². The van der Waals surface area contributed by atoms with Gasteiger partial charge in [-0.3, -0.25) is 9.59 Å². The lowest BCUT2D eigenvalue weighted by atomic mass is 9.92. The number of ether oxygens (including phenoxy) is 2. The molecule has 0 aliphatic rings. The maximum Gasteiger partial charge on any atom is 0.416 e. The van der Waals surface area contributed by atoms with Crippen LogP contribution in [0.2, 0.25) is 0 Å². The number of carbonyl (C=O) groups is 2. The summed E-state index contributed by atoms with van der Waals surface area (Å²) in [4.78, 5) is 25.8. The highest BCUT2D eigenvalue weighted by molar-refractivity contribution is 5.79. The van der Waals surface area contributed by atoms with Crippen molar-refractivity contribution in [1.29, 1.82) is 0 Å². The zero-order chi connectivity index (χ0) is 25.0. The summed E-state index contributed by atoms with van der Waals surface area (Å²) in [7, 11) is 2.42. The van der Waals surface area contributed by atoms with Crippen molar-refractivity contribution in [1.82, 2.24) is 4.90 Å². The standard InChI is InChI=1S/C25H30F3NO4/c1-16(30)29(15-24(2,3)4)14-17-9-7-8-10-19(17)20-11-18(12-23(31)33-6)21(25(26,27)28)13-22(20)32-5/h7-11,13H,12,14-15H2,1-6H3. The van der Waals surface area contributed by atoms with E-state index >= 15 is 0 Å². The van der Waals surface area contributed by atoms with Gasteiger partial charge in [0.25, 0.3) is 0 Å². The minimum Gasteiger partial charge on any atom is -0.496 e. The zero-order valence-electron chi connectivity index (χ0n) is 19.8. The number of rotatable bonds is 7. The van der Waals surface area contributed by atoms with Crippen LogP contribution >= 0.6 is 0 Å². The molecule has 2 rings (SSSR count). The van der Waals surface area contributed by atoms with Gasteiger partial charge < -0.3 is 14.4 Å². The van der Waals surface area contributed by atoms with Gasteiger partial charge in [0.1, 0.15) is 5.75 Å². The van der Waals surface area contributed by atoms with Crippen LogP contribution in [0.5, 0.6) is 5.75 Å². The Bertz CT molecular complexity index is 1010. The molecule has 0 aromatic heterocycles. The lowest BCUT2D eigenvalue weighted by Gasteiger charge is -2.30. The lowest BCUT2D eigenvalue weighted by Crippen LogP contribution is -2.35. The van der Waals surface area contributed by atoms with Gasteiger partial charge in [0.15, 0.2) is 0 Å². The fraction of sp³-hybridized carbons (Fsp3) is 0.440. The van der Waals surface area contributed by atoms with E-state index in [9.17, 15) is 22.8 Å². The van der Waals surface area contributed by atoms with Gasteiger partial charge in [-0.2, -0.15) is 13.2 Å². The molecule has 0 aliphatic heterocycles. The van der Waals surface area contributed by atoms with Gasteiger partial charge in [0.2, 0.25) is 5.91 Å². The summed E-state index contributed by atoms with van der Waals surface area (Å²) in [5.74, 6) is -0.864. The van der Waals surface area contributed by atoms with Crippen LogP contribution in [0.25, 0.3) is 11.1 Å². The van der Waals surface area contributed by atoms with Gasteiger partial charge in [-0.25, -0.2) is 0 Å². The Labute approximate surface area is 192 Å². The number of hydrogen-bond donors (Lipinski definition) is 0. The van der Waals surface area contributed by atoms with Crippen LogP contribution in [-0.2, 0) is 33.5 Å². The summed E-state index contributed by atoms with van der Waals surface area (Å²) in [5.41, 5.74) is 0.468. The zero-order valence-corrected chi connectivity index (χ0v) is 19.8. The van der Waals surface area contributed by atoms with Crippen molar-refractivity contribution in [3.05, 3.63) is 53.1 Å². The summed E-state index contributed by atoms with van der Waals surface area (Å²) < 4.78 is 51.0. The molecule has 0 saturated heterocycles. The third kappa shape index (κ3) is 6.97. The van der Waals surface area contributed by atoms with E-state index in [1.54, 1.807) is 23.1 Å². The number of methoxy groups -OCH3 is 2. The molecule has 0 bridgehead atoms. The average molecular weight is 466 g/mol. The molecule has 0 saturated carbocycles. The van der Waals surface area contributed by atoms with Crippen LogP contribution < -0.4 is 4.74 Å². The number of hydrogen-bond acceptors (Lipinski definition) is 4. The molecule has 0 atom stereocenters. The fourth-order valence-electron chi connectivity index (χ4n) is 3.62. The summed E-state index contributed by atoms with van der Waals surface area (Å²) in [5, 5.41) is 0. The molecule has 8 heteroatoms. The molecule has 0 heterocycles. The van der Waals surface area contributed by atoms with Crippen LogP contribution in [0.4, 0.5) is 13.2 Å². The van der Waals surface area contributed by atoms with E-state index in [0.29, 0.717) is 17.7 Å². The first-order valence-electron chi connectivity index (χ1n) is 10.5. The largest absolute Gasteiger partial charge is 0.496 e. The minimum absolute atomic E-state index is 0.0218. The molecule has 0 unspecified atom stereocenters. The number of alkyl halides is 3. The van der Waals surface area contributed by atoms with Crippen molar-refractivity contribution in [3.63, 3.8) is 0 Å². The van der Waals surface area contributed by atoms with Gasteiger partial charge in [-0.1, -0.05) is 45.0 Å². The lowest BCUT2D eigenvalue weighted by molar-refractivity contribution is -0.141. The third-order valence-corrected chi connectivity index (χ3v) is 5.07. The number of benzene rings is 2. The molecule has 1 amide bonds. The number of carbonyl (C=O) groups excluding carboxylic acids is 2. The van der Waals surface area contributed by atoms with E-state index in [4.69, 9.17) is 4.74 Å². The quantitative estimate of drug-likeness (QED) is 0.508. The van der Waals surface area contributed by atoms with Crippen molar-refractivity contribution >= 4 is 11.9 Å². The van der Waals surface area contributed by atoms with Crippen LogP contribution in [0.1, 0.15) is 44.4 Å². The van der Waals surface area contributed by atoms with Crippen molar-refractivity contribution in [3.8, 4) is 16.9 Å². The van der Waals surface area contributed by atoms with Crippen molar-refractivity contribution in [2.45, 2.75) is 46.8 Å². The highest BCUT2D eigenvalue weighted by atomic mass is 19.4. The molecule has 0 spiro atoms. The van der Waals surface area contributed by atoms with Crippen LogP contribution in [0, 0.1) is 5.41 Å². The SMILES string of the molecule is COC(=O)Cc1cc(-c2ccccc2CN(CC(C)(C)C)C(C)=O)c(OC)cc1C(F)(F)F. The number of esters is 1. The number of nitrogens with zero attached hydrogens (tertiary/aromatic N) is 1. The molecule has 0 radical (unpaired) electrons. The molecular weight excluding hydrogens is 435 g/mol. The second kappa shape index (κ2) is 10.3. The monoisotopic (exact) mass is 465 g/mol. The summed E-state index contributed by atoms with van der Waals surface area (Å²) in [6.45, 7) is 8.34. The predicted octanol–water partition coefficient (Wildman–Crippen LogP) is 5.49. The first kappa shape index (κ1) is 26.2. The Hall–Kier alpha value is -3.03. The number of amides is 1. The molecule has 0 N–H and O–H groups in total. The first-order valence-corrected chi connectivity index (χ1v) is 10.5. The highest BCUT2D eigenvalue weighted by Gasteiger charge is 2.35. The van der Waals surface area contributed by atoms with Gasteiger partial charge in [-0.15, -0.1) is 0 Å². The van der Waals surface area contributed by atoms with E-state index in [-0.39, 0.29) is 29.2 Å². The topological polar surface area (TPSA) is 55.8 Å². The maximum atomic E-state index is 13.7. The number of halogens is 3. The van der Waals surface area contributed by atoms with Crippen LogP contribution in [0.15, 0.2) is 36.4 Å². The van der Waals surface area contributed by atoms with Crippen molar-refractivity contribution in [2.75, 3.05) is 20.8 Å². The van der Waals surface area contributed by atoms with E-state index in [1.807, 2.05) is 26.8 Å². The summed E-state index contributed by atoms with van der Waals surface area (Å²) in [6, 6.07) is 9.38. The van der Waals surface area contributed by atoms with Gasteiger partial charge in [0, 0.05) is 25.6 Å². The van der Waals surface area contributed by atoms with Gasteiger partial charge in [0.05, 0.1) is 26.2 Å². The molecule has 2 aromatic carbocycles. The Morgan fingerprint density at radius 2 is 1.61 bits per heavy atom. The molecule has 0 fully saturated rings. The molecule has 33 heavy (non-hydrogen) atoms. The van der Waals surface area contributed by atoms with E-state index in [0.717, 1.165) is 18.7 Å². The predicted molar refractivity (Wildman–Crippen MR) is 120 cm³/mol. The highest BCUT2D eigenvalue weighted by Crippen LogP contribution is 2.41. The Balaban J connectivity index is 2.66. The third-order valence-electron chi connectivity index (χ3n) is 5.07. The van der Waals surface area contributed by atoms with Crippen LogP contribution in [0.3, 0.4) is 0 Å². The van der Waals surface area contributed by atoms with E-state index in [2.05, 4.69) is 4.74 Å². The van der Waals surface area contributed by atoms with E-state index in [1.165, 1.54) is 20.1 Å². The smallest absolute Gasteiger partial charge is 0.416 e. The second-order valence-electron chi connectivity index (χ2n) is 9.05.